The maximum Gasteiger partial charge on any atom is 0.247 e. The van der Waals surface area contributed by atoms with Crippen LogP contribution < -0.4 is 10.6 Å². The van der Waals surface area contributed by atoms with Crippen LogP contribution in [0.5, 0.6) is 0 Å². The summed E-state index contributed by atoms with van der Waals surface area (Å²) in [6, 6.07) is 25.3. The van der Waals surface area contributed by atoms with Crippen LogP contribution in [0.3, 0.4) is 0 Å². The van der Waals surface area contributed by atoms with Crippen LogP contribution in [0.1, 0.15) is 35.5 Å². The molecule has 214 valence electrons. The lowest BCUT2D eigenvalue weighted by molar-refractivity contribution is -0.126. The number of hydrogen-bond donors (Lipinski definition) is 2. The number of thioether (sulfide) groups is 1. The van der Waals surface area contributed by atoms with Crippen LogP contribution in [0, 0.1) is 5.82 Å². The fourth-order valence-corrected chi connectivity index (χ4v) is 5.56. The lowest BCUT2D eigenvalue weighted by Gasteiger charge is -2.16. The van der Waals surface area contributed by atoms with Gasteiger partial charge in [-0.2, -0.15) is 0 Å². The molecule has 3 aromatic carbocycles. The zero-order valence-corrected chi connectivity index (χ0v) is 23.6. The number of nitrogens with one attached hydrogen (secondary N) is 2. The molecule has 42 heavy (non-hydrogen) atoms. The molecule has 1 saturated heterocycles. The first kappa shape index (κ1) is 28.8. The average molecular weight is 585 g/mol. The van der Waals surface area contributed by atoms with E-state index in [2.05, 4.69) is 15.6 Å². The monoisotopic (exact) mass is 584 g/mol. The molecule has 5 rings (SSSR count). The molecule has 0 bridgehead atoms. The van der Waals surface area contributed by atoms with Crippen molar-refractivity contribution >= 4 is 46.0 Å². The molecule has 0 spiro atoms. The average Bonchev–Trinajstić information content (AvgIpc) is 3.61. The Morgan fingerprint density at radius 1 is 1.02 bits per heavy atom. The first-order chi connectivity index (χ1) is 20.4. The van der Waals surface area contributed by atoms with Crippen LogP contribution in [0.2, 0.25) is 0 Å². The van der Waals surface area contributed by atoms with Gasteiger partial charge < -0.3 is 15.1 Å². The number of amides is 3. The van der Waals surface area contributed by atoms with Gasteiger partial charge in [-0.25, -0.2) is 9.38 Å². The second kappa shape index (κ2) is 13.3. The van der Waals surface area contributed by atoms with E-state index in [1.165, 1.54) is 35.1 Å². The van der Waals surface area contributed by atoms with Crippen LogP contribution in [0.25, 0.3) is 0 Å². The van der Waals surface area contributed by atoms with Crippen LogP contribution >= 0.6 is 11.8 Å². The Kier molecular flexibility index (Phi) is 9.13. The molecule has 1 aliphatic heterocycles. The number of nitrogens with zero attached hydrogens (tertiary/aromatic N) is 2. The summed E-state index contributed by atoms with van der Waals surface area (Å²) in [6.07, 6.45) is 2.41. The van der Waals surface area contributed by atoms with Crippen molar-refractivity contribution in [2.45, 2.75) is 37.6 Å². The third-order valence-corrected chi connectivity index (χ3v) is 7.84. The van der Waals surface area contributed by atoms with Gasteiger partial charge >= 0.3 is 0 Å². The standard InChI is InChI=1S/C32H29FN4O4S/c1-21(34-28(38)17-12-22-7-3-2-4-8-22)30(39)35-25-15-13-23(14-16-25)29-31(40)37(20-27-11-6-18-41-27)32(42-29)36-26-10-5-9-24(33)19-26/h2-11,13-16,18-19,21,29H,12,17,20H2,1H3,(H,34,38)(H,35,39)/t21-,29?/m1/s1. The summed E-state index contributed by atoms with van der Waals surface area (Å²) < 4.78 is 19.2. The summed E-state index contributed by atoms with van der Waals surface area (Å²) in [4.78, 5) is 44.6. The molecule has 0 aliphatic carbocycles. The summed E-state index contributed by atoms with van der Waals surface area (Å²) in [5.74, 6) is -0.565. The van der Waals surface area contributed by atoms with Gasteiger partial charge in [0.15, 0.2) is 5.17 Å². The lowest BCUT2D eigenvalue weighted by Crippen LogP contribution is -2.41. The Morgan fingerprint density at radius 3 is 2.52 bits per heavy atom. The molecule has 4 aromatic rings. The van der Waals surface area contributed by atoms with E-state index in [9.17, 15) is 18.8 Å². The quantitative estimate of drug-likeness (QED) is 0.238. The highest BCUT2D eigenvalue weighted by atomic mass is 32.2. The second-order valence-electron chi connectivity index (χ2n) is 9.76. The number of halogens is 1. The zero-order chi connectivity index (χ0) is 29.5. The first-order valence-corrected chi connectivity index (χ1v) is 14.3. The van der Waals surface area contributed by atoms with Crippen molar-refractivity contribution in [2.75, 3.05) is 5.32 Å². The minimum atomic E-state index is -0.725. The number of furan rings is 1. The highest BCUT2D eigenvalue weighted by molar-refractivity contribution is 8.15. The van der Waals surface area contributed by atoms with Crippen LogP contribution in [-0.4, -0.2) is 33.8 Å². The fraction of sp³-hybridized carbons (Fsp3) is 0.188. The highest BCUT2D eigenvalue weighted by Gasteiger charge is 2.39. The number of hydrogen-bond acceptors (Lipinski definition) is 6. The smallest absolute Gasteiger partial charge is 0.247 e. The molecular formula is C32H29FN4O4S. The molecule has 10 heteroatoms. The Morgan fingerprint density at radius 2 is 1.81 bits per heavy atom. The molecule has 2 N–H and O–H groups in total. The van der Waals surface area contributed by atoms with Crippen LogP contribution in [0.4, 0.5) is 15.8 Å². The number of carbonyl (C=O) groups excluding carboxylic acids is 3. The van der Waals surface area contributed by atoms with Crippen molar-refractivity contribution in [1.82, 2.24) is 10.2 Å². The summed E-state index contributed by atoms with van der Waals surface area (Å²) in [6.45, 7) is 1.82. The predicted octanol–water partition coefficient (Wildman–Crippen LogP) is 6.00. The number of rotatable bonds is 10. The number of aliphatic imine (C=N–C) groups is 1. The van der Waals surface area contributed by atoms with Gasteiger partial charge in [0.2, 0.25) is 17.7 Å². The van der Waals surface area contributed by atoms with E-state index in [1.807, 2.05) is 30.3 Å². The van der Waals surface area contributed by atoms with Crippen molar-refractivity contribution in [2.24, 2.45) is 4.99 Å². The van der Waals surface area contributed by atoms with Gasteiger partial charge in [0.25, 0.3) is 0 Å². The van der Waals surface area contributed by atoms with Crippen molar-refractivity contribution in [3.8, 4) is 0 Å². The topological polar surface area (TPSA) is 104 Å². The number of aryl methyl sites for hydroxylation is 1. The summed E-state index contributed by atoms with van der Waals surface area (Å²) in [5.41, 5.74) is 2.71. The second-order valence-corrected chi connectivity index (χ2v) is 10.8. The van der Waals surface area contributed by atoms with Crippen LogP contribution in [-0.2, 0) is 27.3 Å². The van der Waals surface area contributed by atoms with E-state index >= 15 is 0 Å². The summed E-state index contributed by atoms with van der Waals surface area (Å²) in [5, 5.41) is 5.39. The first-order valence-electron chi connectivity index (χ1n) is 13.4. The number of carbonyl (C=O) groups is 3. The highest BCUT2D eigenvalue weighted by Crippen LogP contribution is 2.41. The van der Waals surface area contributed by atoms with E-state index in [4.69, 9.17) is 4.42 Å². The molecule has 1 unspecified atom stereocenters. The third kappa shape index (κ3) is 7.32. The van der Waals surface area contributed by atoms with Gasteiger partial charge in [-0.05, 0) is 66.9 Å². The maximum atomic E-state index is 13.8. The Hall–Kier alpha value is -4.70. The van der Waals surface area contributed by atoms with E-state index < -0.39 is 17.1 Å². The van der Waals surface area contributed by atoms with E-state index in [-0.39, 0.29) is 30.7 Å². The van der Waals surface area contributed by atoms with Gasteiger partial charge in [-0.15, -0.1) is 0 Å². The van der Waals surface area contributed by atoms with Crippen LogP contribution in [0.15, 0.2) is 107 Å². The van der Waals surface area contributed by atoms with E-state index in [0.717, 1.165) is 11.1 Å². The summed E-state index contributed by atoms with van der Waals surface area (Å²) in [7, 11) is 0. The summed E-state index contributed by atoms with van der Waals surface area (Å²) >= 11 is 1.26. The molecule has 3 amide bonds. The van der Waals surface area contributed by atoms with E-state index in [0.29, 0.717) is 28.7 Å². The van der Waals surface area contributed by atoms with Crippen molar-refractivity contribution in [3.63, 3.8) is 0 Å². The maximum absolute atomic E-state index is 13.8. The molecule has 1 aliphatic rings. The van der Waals surface area contributed by atoms with Gasteiger partial charge in [-0.3, -0.25) is 19.3 Å². The van der Waals surface area contributed by atoms with Crippen molar-refractivity contribution in [1.29, 1.82) is 0 Å². The third-order valence-electron chi connectivity index (χ3n) is 6.61. The largest absolute Gasteiger partial charge is 0.467 e. The molecule has 0 radical (unpaired) electrons. The van der Waals surface area contributed by atoms with Gasteiger partial charge in [0.1, 0.15) is 22.9 Å². The van der Waals surface area contributed by atoms with Crippen molar-refractivity contribution in [3.05, 3.63) is 120 Å². The molecular weight excluding hydrogens is 555 g/mol. The molecule has 1 aromatic heterocycles. The number of anilines is 1. The molecule has 1 fully saturated rings. The normalized spacial score (nSPS) is 16.4. The Balaban J connectivity index is 1.22. The van der Waals surface area contributed by atoms with Crippen molar-refractivity contribution < 1.29 is 23.2 Å². The van der Waals surface area contributed by atoms with E-state index in [1.54, 1.807) is 55.5 Å². The molecule has 2 atom stereocenters. The van der Waals surface area contributed by atoms with Gasteiger partial charge in [0.05, 0.1) is 18.5 Å². The Bertz CT molecular complexity index is 1580. The molecule has 2 heterocycles. The Labute approximate surface area is 247 Å². The van der Waals surface area contributed by atoms with Gasteiger partial charge in [0, 0.05) is 12.1 Å². The SMILES string of the molecule is C[C@@H](NC(=O)CCc1ccccc1)C(=O)Nc1ccc(C2SC(=Nc3cccc(F)c3)N(Cc3ccco3)C2=O)cc1. The minimum absolute atomic E-state index is 0.185. The number of amidine groups is 1. The molecule has 0 saturated carbocycles. The molecule has 8 nitrogen and oxygen atoms in total. The zero-order valence-electron chi connectivity index (χ0n) is 22.8. The van der Waals surface area contributed by atoms with Gasteiger partial charge in [-0.1, -0.05) is 60.3 Å². The fourth-order valence-electron chi connectivity index (χ4n) is 4.39. The number of benzene rings is 3. The minimum Gasteiger partial charge on any atom is -0.467 e. The predicted molar refractivity (Wildman–Crippen MR) is 161 cm³/mol. The lowest BCUT2D eigenvalue weighted by atomic mass is 10.1.